The molecule has 0 aliphatic carbocycles. The second kappa shape index (κ2) is 7.99. The zero-order valence-corrected chi connectivity index (χ0v) is 14.0. The van der Waals surface area contributed by atoms with Gasteiger partial charge in [-0.1, -0.05) is 29.8 Å². The molecule has 3 N–H and O–H groups in total. The predicted octanol–water partition coefficient (Wildman–Crippen LogP) is 3.54. The van der Waals surface area contributed by atoms with Crippen molar-refractivity contribution in [1.82, 2.24) is 5.32 Å². The van der Waals surface area contributed by atoms with Gasteiger partial charge >= 0.3 is 0 Å². The third kappa shape index (κ3) is 4.47. The number of hydrogen-bond acceptors (Lipinski definition) is 3. The van der Waals surface area contributed by atoms with E-state index in [2.05, 4.69) is 17.6 Å². The standard InChI is InChI=1S/C18H21ClN2O2/c1-12-16(18(23)20-10-11-22)4-3-5-17(12)21-13(2)14-6-8-15(19)9-7-14/h3-9,13,21-22H,10-11H2,1-2H3,(H,20,23). The van der Waals surface area contributed by atoms with Crippen LogP contribution >= 0.6 is 11.6 Å². The summed E-state index contributed by atoms with van der Waals surface area (Å²) in [7, 11) is 0. The van der Waals surface area contributed by atoms with Gasteiger partial charge in [-0.05, 0) is 49.2 Å². The quantitative estimate of drug-likeness (QED) is 0.758. The fourth-order valence-corrected chi connectivity index (χ4v) is 2.50. The molecular formula is C18H21ClN2O2. The average Bonchev–Trinajstić information content (AvgIpc) is 2.55. The predicted molar refractivity (Wildman–Crippen MR) is 94.1 cm³/mol. The third-order valence-electron chi connectivity index (χ3n) is 3.72. The van der Waals surface area contributed by atoms with Gasteiger partial charge in [-0.2, -0.15) is 0 Å². The number of anilines is 1. The first-order chi connectivity index (χ1) is 11.0. The number of carbonyl (C=O) groups is 1. The highest BCUT2D eigenvalue weighted by Crippen LogP contribution is 2.25. The molecule has 2 rings (SSSR count). The molecule has 4 nitrogen and oxygen atoms in total. The molecule has 0 aromatic heterocycles. The second-order valence-corrected chi connectivity index (χ2v) is 5.81. The Bertz CT molecular complexity index is 671. The lowest BCUT2D eigenvalue weighted by Gasteiger charge is -2.19. The molecule has 0 radical (unpaired) electrons. The van der Waals surface area contributed by atoms with Crippen LogP contribution in [0.1, 0.15) is 34.5 Å². The van der Waals surface area contributed by atoms with E-state index in [0.29, 0.717) is 10.6 Å². The van der Waals surface area contributed by atoms with E-state index >= 15 is 0 Å². The zero-order chi connectivity index (χ0) is 16.8. The van der Waals surface area contributed by atoms with Gasteiger partial charge in [0, 0.05) is 28.9 Å². The van der Waals surface area contributed by atoms with Crippen LogP contribution < -0.4 is 10.6 Å². The van der Waals surface area contributed by atoms with Crippen LogP contribution in [0.2, 0.25) is 5.02 Å². The van der Waals surface area contributed by atoms with Crippen molar-refractivity contribution in [2.45, 2.75) is 19.9 Å². The van der Waals surface area contributed by atoms with Gasteiger partial charge in [0.1, 0.15) is 0 Å². The van der Waals surface area contributed by atoms with Crippen LogP contribution in [0.25, 0.3) is 0 Å². The molecule has 0 spiro atoms. The SMILES string of the molecule is Cc1c(NC(C)c2ccc(Cl)cc2)cccc1C(=O)NCCO. The maximum absolute atomic E-state index is 12.1. The van der Waals surface area contributed by atoms with E-state index in [0.717, 1.165) is 16.8 Å². The molecule has 0 heterocycles. The fraction of sp³-hybridized carbons (Fsp3) is 0.278. The molecule has 0 fully saturated rings. The van der Waals surface area contributed by atoms with Gasteiger partial charge in [0.2, 0.25) is 0 Å². The van der Waals surface area contributed by atoms with E-state index in [1.807, 2.05) is 43.3 Å². The number of hydrogen-bond donors (Lipinski definition) is 3. The maximum atomic E-state index is 12.1. The van der Waals surface area contributed by atoms with Crippen LogP contribution in [0, 0.1) is 6.92 Å². The Hall–Kier alpha value is -2.04. The van der Waals surface area contributed by atoms with E-state index in [1.165, 1.54) is 0 Å². The molecule has 0 saturated heterocycles. The highest BCUT2D eigenvalue weighted by Gasteiger charge is 2.13. The summed E-state index contributed by atoms with van der Waals surface area (Å²) in [6.45, 7) is 4.14. The van der Waals surface area contributed by atoms with Crippen molar-refractivity contribution in [1.29, 1.82) is 0 Å². The molecule has 122 valence electrons. The Morgan fingerprint density at radius 3 is 2.57 bits per heavy atom. The Morgan fingerprint density at radius 2 is 1.91 bits per heavy atom. The number of rotatable bonds is 6. The number of benzene rings is 2. The normalized spacial score (nSPS) is 11.8. The van der Waals surface area contributed by atoms with Crippen LogP contribution in [0.15, 0.2) is 42.5 Å². The summed E-state index contributed by atoms with van der Waals surface area (Å²) >= 11 is 5.92. The summed E-state index contributed by atoms with van der Waals surface area (Å²) in [5.74, 6) is -0.181. The molecule has 2 aromatic rings. The van der Waals surface area contributed by atoms with E-state index in [-0.39, 0.29) is 25.1 Å². The van der Waals surface area contributed by atoms with Crippen LogP contribution in [0.3, 0.4) is 0 Å². The van der Waals surface area contributed by atoms with Crippen molar-refractivity contribution < 1.29 is 9.90 Å². The first-order valence-electron chi connectivity index (χ1n) is 7.53. The third-order valence-corrected chi connectivity index (χ3v) is 3.97. The zero-order valence-electron chi connectivity index (χ0n) is 13.3. The summed E-state index contributed by atoms with van der Waals surface area (Å²) in [6.07, 6.45) is 0. The van der Waals surface area contributed by atoms with Crippen molar-refractivity contribution in [2.24, 2.45) is 0 Å². The molecule has 0 saturated carbocycles. The van der Waals surface area contributed by atoms with Crippen LogP contribution in [-0.4, -0.2) is 24.2 Å². The van der Waals surface area contributed by atoms with Gasteiger partial charge in [-0.25, -0.2) is 0 Å². The smallest absolute Gasteiger partial charge is 0.251 e. The van der Waals surface area contributed by atoms with Gasteiger partial charge in [0.25, 0.3) is 5.91 Å². The van der Waals surface area contributed by atoms with Gasteiger partial charge < -0.3 is 15.7 Å². The number of amides is 1. The van der Waals surface area contributed by atoms with Crippen LogP contribution in [0.5, 0.6) is 0 Å². The lowest BCUT2D eigenvalue weighted by molar-refractivity contribution is 0.0944. The lowest BCUT2D eigenvalue weighted by Crippen LogP contribution is -2.27. The Morgan fingerprint density at radius 1 is 1.22 bits per heavy atom. The van der Waals surface area contributed by atoms with Crippen LogP contribution in [0.4, 0.5) is 5.69 Å². The Labute approximate surface area is 141 Å². The number of halogens is 1. The molecule has 0 bridgehead atoms. The fourth-order valence-electron chi connectivity index (χ4n) is 2.37. The highest BCUT2D eigenvalue weighted by molar-refractivity contribution is 6.30. The molecule has 0 aliphatic rings. The van der Waals surface area contributed by atoms with E-state index in [4.69, 9.17) is 16.7 Å². The molecule has 1 amide bonds. The van der Waals surface area contributed by atoms with Crippen molar-refractivity contribution in [3.8, 4) is 0 Å². The Balaban J connectivity index is 2.16. The van der Waals surface area contributed by atoms with E-state index in [9.17, 15) is 4.79 Å². The average molecular weight is 333 g/mol. The first kappa shape index (κ1) is 17.3. The Kier molecular flexibility index (Phi) is 6.02. The number of aliphatic hydroxyl groups excluding tert-OH is 1. The summed E-state index contributed by atoms with van der Waals surface area (Å²) in [6, 6.07) is 13.3. The minimum atomic E-state index is -0.181. The second-order valence-electron chi connectivity index (χ2n) is 5.38. The number of nitrogens with one attached hydrogen (secondary N) is 2. The number of carbonyl (C=O) groups excluding carboxylic acids is 1. The van der Waals surface area contributed by atoms with Crippen molar-refractivity contribution in [3.05, 3.63) is 64.2 Å². The first-order valence-corrected chi connectivity index (χ1v) is 7.91. The molecule has 1 unspecified atom stereocenters. The van der Waals surface area contributed by atoms with Crippen molar-refractivity contribution >= 4 is 23.2 Å². The lowest BCUT2D eigenvalue weighted by atomic mass is 10.0. The van der Waals surface area contributed by atoms with Gasteiger partial charge in [0.15, 0.2) is 0 Å². The summed E-state index contributed by atoms with van der Waals surface area (Å²) < 4.78 is 0. The number of aliphatic hydroxyl groups is 1. The molecule has 23 heavy (non-hydrogen) atoms. The van der Waals surface area contributed by atoms with E-state index < -0.39 is 0 Å². The monoisotopic (exact) mass is 332 g/mol. The van der Waals surface area contributed by atoms with Crippen LogP contribution in [-0.2, 0) is 0 Å². The maximum Gasteiger partial charge on any atom is 0.251 e. The van der Waals surface area contributed by atoms with Gasteiger partial charge in [-0.15, -0.1) is 0 Å². The molecule has 2 aromatic carbocycles. The molecule has 0 aliphatic heterocycles. The summed E-state index contributed by atoms with van der Waals surface area (Å²) in [5, 5.41) is 15.6. The van der Waals surface area contributed by atoms with Crippen molar-refractivity contribution in [2.75, 3.05) is 18.5 Å². The van der Waals surface area contributed by atoms with Crippen molar-refractivity contribution in [3.63, 3.8) is 0 Å². The summed E-state index contributed by atoms with van der Waals surface area (Å²) in [5.41, 5.74) is 3.50. The minimum absolute atomic E-state index is 0.0731. The summed E-state index contributed by atoms with van der Waals surface area (Å²) in [4.78, 5) is 12.1. The molecular weight excluding hydrogens is 312 g/mol. The van der Waals surface area contributed by atoms with Gasteiger partial charge in [0.05, 0.1) is 6.61 Å². The molecule has 5 heteroatoms. The highest BCUT2D eigenvalue weighted by atomic mass is 35.5. The molecule has 1 atom stereocenters. The van der Waals surface area contributed by atoms with E-state index in [1.54, 1.807) is 6.07 Å². The largest absolute Gasteiger partial charge is 0.395 e. The minimum Gasteiger partial charge on any atom is -0.395 e. The topological polar surface area (TPSA) is 61.4 Å². The van der Waals surface area contributed by atoms with Gasteiger partial charge in [-0.3, -0.25) is 4.79 Å².